The van der Waals surface area contributed by atoms with Crippen LogP contribution < -0.4 is 5.56 Å². The number of aromatic amines is 1. The molecule has 0 bridgehead atoms. The van der Waals surface area contributed by atoms with Crippen molar-refractivity contribution in [1.29, 1.82) is 0 Å². The van der Waals surface area contributed by atoms with Crippen LogP contribution >= 0.6 is 0 Å². The molecule has 4 rings (SSSR count). The molecule has 3 aromatic rings. The largest absolute Gasteiger partial charge is 0.401 e. The number of carbonyl (C=O) groups is 1. The number of aromatic nitrogens is 5. The molecule has 1 aliphatic heterocycles. The molecule has 12 heteroatoms. The Morgan fingerprint density at radius 3 is 2.60 bits per heavy atom. The number of fused-ring (bicyclic) bond motifs is 1. The van der Waals surface area contributed by atoms with Crippen LogP contribution in [-0.2, 0) is 7.05 Å². The summed E-state index contributed by atoms with van der Waals surface area (Å²) in [7, 11) is 1.77. The normalized spacial score (nSPS) is 15.8. The zero-order chi connectivity index (χ0) is 21.6. The highest BCUT2D eigenvalue weighted by molar-refractivity contribution is 5.95. The van der Waals surface area contributed by atoms with Gasteiger partial charge < -0.3 is 9.47 Å². The van der Waals surface area contributed by atoms with Crippen LogP contribution in [0.25, 0.3) is 17.0 Å². The third kappa shape index (κ3) is 3.70. The summed E-state index contributed by atoms with van der Waals surface area (Å²) in [4.78, 5) is 35.1. The fourth-order valence-electron chi connectivity index (χ4n) is 3.60. The fourth-order valence-corrected chi connectivity index (χ4v) is 3.60. The number of amides is 1. The van der Waals surface area contributed by atoms with E-state index in [1.807, 2.05) is 0 Å². The number of nitrogens with zero attached hydrogens (tertiary/aromatic N) is 6. The van der Waals surface area contributed by atoms with Crippen LogP contribution in [0.3, 0.4) is 0 Å². The van der Waals surface area contributed by atoms with E-state index in [-0.39, 0.29) is 43.6 Å². The summed E-state index contributed by atoms with van der Waals surface area (Å²) in [5, 5.41) is 4.64. The van der Waals surface area contributed by atoms with E-state index in [2.05, 4.69) is 15.1 Å². The molecule has 0 spiro atoms. The van der Waals surface area contributed by atoms with E-state index in [1.165, 1.54) is 20.7 Å². The van der Waals surface area contributed by atoms with E-state index < -0.39 is 12.7 Å². The number of hydrogen-bond donors (Lipinski definition) is 1. The molecular formula is C18H20F3N7O2. The van der Waals surface area contributed by atoms with Gasteiger partial charge in [-0.25, -0.2) is 4.68 Å². The lowest BCUT2D eigenvalue weighted by Gasteiger charge is -2.34. The monoisotopic (exact) mass is 423 g/mol. The summed E-state index contributed by atoms with van der Waals surface area (Å²) in [6.45, 7) is 1.39. The molecule has 0 unspecified atom stereocenters. The lowest BCUT2D eigenvalue weighted by Crippen LogP contribution is -2.51. The zero-order valence-electron chi connectivity index (χ0n) is 16.4. The molecule has 1 amide bonds. The van der Waals surface area contributed by atoms with Gasteiger partial charge in [-0.1, -0.05) is 0 Å². The summed E-state index contributed by atoms with van der Waals surface area (Å²) in [5.74, 6) is -0.131. The standard InChI is InChI=1S/C18H20F3N7O2/c1-11-13(16(30)27-7-5-26(6-8-27)10-18(19,20)21)9-22-28(11)17-23-14-12(15(29)24-17)3-4-25(14)2/h3-4,9H,5-8,10H2,1-2H3,(H,23,24,29). The number of hydrogen-bond acceptors (Lipinski definition) is 5. The minimum absolute atomic E-state index is 0.150. The first kappa shape index (κ1) is 20.1. The Balaban J connectivity index is 1.55. The molecule has 1 saturated heterocycles. The smallest absolute Gasteiger partial charge is 0.336 e. The first-order valence-electron chi connectivity index (χ1n) is 9.33. The Kier molecular flexibility index (Phi) is 4.88. The molecule has 0 saturated carbocycles. The van der Waals surface area contributed by atoms with Gasteiger partial charge in [-0.15, -0.1) is 0 Å². The van der Waals surface area contributed by atoms with Crippen molar-refractivity contribution in [2.75, 3.05) is 32.7 Å². The molecule has 30 heavy (non-hydrogen) atoms. The van der Waals surface area contributed by atoms with Crippen molar-refractivity contribution >= 4 is 16.9 Å². The van der Waals surface area contributed by atoms with E-state index >= 15 is 0 Å². The summed E-state index contributed by atoms with van der Waals surface area (Å²) in [6, 6.07) is 1.66. The zero-order valence-corrected chi connectivity index (χ0v) is 16.4. The molecule has 1 N–H and O–H groups in total. The van der Waals surface area contributed by atoms with Crippen LogP contribution in [-0.4, -0.2) is 78.9 Å². The molecule has 0 atom stereocenters. The molecule has 1 fully saturated rings. The van der Waals surface area contributed by atoms with Crippen LogP contribution in [0.2, 0.25) is 0 Å². The van der Waals surface area contributed by atoms with Gasteiger partial charge in [0.2, 0.25) is 5.95 Å². The second-order valence-corrected chi connectivity index (χ2v) is 7.29. The number of H-pyrrole nitrogens is 1. The average molecular weight is 423 g/mol. The number of alkyl halides is 3. The third-order valence-corrected chi connectivity index (χ3v) is 5.22. The van der Waals surface area contributed by atoms with E-state index in [4.69, 9.17) is 0 Å². The maximum Gasteiger partial charge on any atom is 0.401 e. The molecule has 0 aliphatic carbocycles. The number of carbonyl (C=O) groups excluding carboxylic acids is 1. The average Bonchev–Trinajstić information content (AvgIpc) is 3.24. The Morgan fingerprint density at radius 1 is 1.23 bits per heavy atom. The Labute approximate surface area is 168 Å². The Hall–Kier alpha value is -3.15. The van der Waals surface area contributed by atoms with Crippen LogP contribution in [0, 0.1) is 6.92 Å². The molecule has 1 aliphatic rings. The minimum atomic E-state index is -4.26. The second-order valence-electron chi connectivity index (χ2n) is 7.29. The highest BCUT2D eigenvalue weighted by Gasteiger charge is 2.33. The van der Waals surface area contributed by atoms with Crippen molar-refractivity contribution in [1.82, 2.24) is 34.1 Å². The van der Waals surface area contributed by atoms with E-state index in [9.17, 15) is 22.8 Å². The highest BCUT2D eigenvalue weighted by Crippen LogP contribution is 2.19. The van der Waals surface area contributed by atoms with Gasteiger partial charge in [0.1, 0.15) is 5.65 Å². The van der Waals surface area contributed by atoms with Crippen LogP contribution in [0.4, 0.5) is 13.2 Å². The van der Waals surface area contributed by atoms with Gasteiger partial charge in [0, 0.05) is 39.4 Å². The van der Waals surface area contributed by atoms with Crippen molar-refractivity contribution in [3.05, 3.63) is 40.1 Å². The van der Waals surface area contributed by atoms with Gasteiger partial charge in [-0.3, -0.25) is 19.5 Å². The summed E-state index contributed by atoms with van der Waals surface area (Å²) in [6.07, 6.45) is -1.15. The molecular weight excluding hydrogens is 403 g/mol. The lowest BCUT2D eigenvalue weighted by molar-refractivity contribution is -0.148. The van der Waals surface area contributed by atoms with Gasteiger partial charge in [0.25, 0.3) is 11.5 Å². The maximum absolute atomic E-state index is 12.9. The summed E-state index contributed by atoms with van der Waals surface area (Å²) >= 11 is 0. The van der Waals surface area contributed by atoms with Crippen molar-refractivity contribution in [3.63, 3.8) is 0 Å². The number of piperazine rings is 1. The molecule has 9 nitrogen and oxygen atoms in total. The fraction of sp³-hybridized carbons (Fsp3) is 0.444. The quantitative estimate of drug-likeness (QED) is 0.681. The maximum atomic E-state index is 12.9. The van der Waals surface area contributed by atoms with Gasteiger partial charge in [0.15, 0.2) is 0 Å². The van der Waals surface area contributed by atoms with Crippen LogP contribution in [0.5, 0.6) is 0 Å². The SMILES string of the molecule is Cc1c(C(=O)N2CCN(CC(F)(F)F)CC2)cnn1-c1nc2c(ccn2C)c(=O)[nH]1. The highest BCUT2D eigenvalue weighted by atomic mass is 19.4. The molecule has 4 heterocycles. The van der Waals surface area contributed by atoms with Crippen molar-refractivity contribution < 1.29 is 18.0 Å². The van der Waals surface area contributed by atoms with Crippen LogP contribution in [0.15, 0.2) is 23.3 Å². The first-order valence-corrected chi connectivity index (χ1v) is 9.33. The number of halogens is 3. The summed E-state index contributed by atoms with van der Waals surface area (Å²) < 4.78 is 40.7. The minimum Gasteiger partial charge on any atom is -0.336 e. The van der Waals surface area contributed by atoms with E-state index in [0.717, 1.165) is 0 Å². The van der Waals surface area contributed by atoms with Crippen molar-refractivity contribution in [2.45, 2.75) is 13.1 Å². The van der Waals surface area contributed by atoms with Gasteiger partial charge >= 0.3 is 6.18 Å². The summed E-state index contributed by atoms with van der Waals surface area (Å²) in [5.41, 5.74) is 0.958. The van der Waals surface area contributed by atoms with Crippen LogP contribution in [0.1, 0.15) is 16.1 Å². The predicted octanol–water partition coefficient (Wildman–Crippen LogP) is 1.08. The van der Waals surface area contributed by atoms with E-state index in [0.29, 0.717) is 22.3 Å². The lowest BCUT2D eigenvalue weighted by atomic mass is 10.2. The number of rotatable bonds is 3. The van der Waals surface area contributed by atoms with Gasteiger partial charge in [-0.05, 0) is 13.0 Å². The van der Waals surface area contributed by atoms with Crippen molar-refractivity contribution in [3.8, 4) is 5.95 Å². The van der Waals surface area contributed by atoms with Gasteiger partial charge in [-0.2, -0.15) is 23.3 Å². The molecule has 160 valence electrons. The number of nitrogens with one attached hydrogen (secondary N) is 1. The Bertz CT molecular complexity index is 1150. The second kappa shape index (κ2) is 7.27. The predicted molar refractivity (Wildman–Crippen MR) is 102 cm³/mol. The number of aryl methyl sites for hydroxylation is 1. The molecule has 3 aromatic heterocycles. The van der Waals surface area contributed by atoms with E-state index in [1.54, 1.807) is 30.8 Å². The first-order chi connectivity index (χ1) is 14.1. The molecule has 0 radical (unpaired) electrons. The Morgan fingerprint density at radius 2 is 1.93 bits per heavy atom. The van der Waals surface area contributed by atoms with Crippen molar-refractivity contribution in [2.24, 2.45) is 7.05 Å². The van der Waals surface area contributed by atoms with Gasteiger partial charge in [0.05, 0.1) is 29.4 Å². The third-order valence-electron chi connectivity index (χ3n) is 5.22. The topological polar surface area (TPSA) is 92.1 Å². The molecule has 0 aromatic carbocycles.